The van der Waals surface area contributed by atoms with Crippen LogP contribution in [0.25, 0.3) is 0 Å². The molecule has 6 heteroatoms. The lowest BCUT2D eigenvalue weighted by atomic mass is 10.1. The van der Waals surface area contributed by atoms with E-state index in [-0.39, 0.29) is 17.5 Å². The fraction of sp³-hybridized carbons (Fsp3) is 0.381. The molecule has 1 aromatic heterocycles. The predicted octanol–water partition coefficient (Wildman–Crippen LogP) is 1.06. The van der Waals surface area contributed by atoms with Gasteiger partial charge in [-0.2, -0.15) is 0 Å². The molecule has 0 aliphatic carbocycles. The summed E-state index contributed by atoms with van der Waals surface area (Å²) in [4.78, 5) is 43.1. The van der Waals surface area contributed by atoms with Crippen LogP contribution in [-0.4, -0.2) is 60.1 Å². The Morgan fingerprint density at radius 3 is 2.26 bits per heavy atom. The molecule has 1 aliphatic rings. The molecule has 0 saturated carbocycles. The number of rotatable bonds is 5. The molecule has 142 valence electrons. The van der Waals surface area contributed by atoms with E-state index in [0.29, 0.717) is 36.5 Å². The second-order valence-corrected chi connectivity index (χ2v) is 7.19. The van der Waals surface area contributed by atoms with E-state index in [0.717, 1.165) is 29.2 Å². The Kier molecular flexibility index (Phi) is 5.56. The smallest absolute Gasteiger partial charge is 0.254 e. The van der Waals surface area contributed by atoms with Crippen molar-refractivity contribution in [3.63, 3.8) is 0 Å². The number of hydrogen-bond acceptors (Lipinski definition) is 3. The summed E-state index contributed by atoms with van der Waals surface area (Å²) in [5.41, 5.74) is 3.34. The Morgan fingerprint density at radius 1 is 1.07 bits per heavy atom. The van der Waals surface area contributed by atoms with Gasteiger partial charge >= 0.3 is 0 Å². The average molecular weight is 368 g/mol. The fourth-order valence-corrected chi connectivity index (χ4v) is 3.84. The van der Waals surface area contributed by atoms with Crippen molar-refractivity contribution in [1.29, 1.82) is 0 Å². The van der Waals surface area contributed by atoms with Crippen molar-refractivity contribution in [3.8, 4) is 0 Å². The highest BCUT2D eigenvalue weighted by molar-refractivity contribution is 6.03. The molecule has 1 aliphatic heterocycles. The quantitative estimate of drug-likeness (QED) is 0.775. The second-order valence-electron chi connectivity index (χ2n) is 7.19. The van der Waals surface area contributed by atoms with Crippen molar-refractivity contribution in [2.24, 2.45) is 0 Å². The number of nitrogens with one attached hydrogen (secondary N) is 2. The summed E-state index contributed by atoms with van der Waals surface area (Å²) in [5.74, 6) is 0.0320. The van der Waals surface area contributed by atoms with Gasteiger partial charge < -0.3 is 14.8 Å². The normalized spacial score (nSPS) is 15.0. The second kappa shape index (κ2) is 7.88. The zero-order valence-electron chi connectivity index (χ0n) is 16.1. The summed E-state index contributed by atoms with van der Waals surface area (Å²) in [7, 11) is 0. The van der Waals surface area contributed by atoms with E-state index >= 15 is 0 Å². The lowest BCUT2D eigenvalue weighted by Crippen LogP contribution is -3.15. The maximum absolute atomic E-state index is 12.7. The Balaban J connectivity index is 1.60. The number of amides is 1. The zero-order valence-corrected chi connectivity index (χ0v) is 16.1. The number of benzene rings is 1. The molecule has 0 radical (unpaired) electrons. The van der Waals surface area contributed by atoms with E-state index in [2.05, 4.69) is 4.98 Å². The number of H-pyrrole nitrogens is 1. The molecule has 1 aromatic carbocycles. The molecule has 2 aromatic rings. The van der Waals surface area contributed by atoms with Gasteiger partial charge in [-0.15, -0.1) is 0 Å². The molecule has 6 nitrogen and oxygen atoms in total. The zero-order chi connectivity index (χ0) is 19.6. The molecule has 1 saturated heterocycles. The maximum atomic E-state index is 12.7. The minimum absolute atomic E-state index is 0.0148. The number of ketones is 2. The van der Waals surface area contributed by atoms with Gasteiger partial charge in [-0.25, -0.2) is 0 Å². The Bertz CT molecular complexity index is 862. The van der Waals surface area contributed by atoms with Gasteiger partial charge in [-0.05, 0) is 38.5 Å². The van der Waals surface area contributed by atoms with Gasteiger partial charge in [0.2, 0.25) is 5.78 Å². The lowest BCUT2D eigenvalue weighted by Gasteiger charge is -2.32. The van der Waals surface area contributed by atoms with E-state index in [4.69, 9.17) is 0 Å². The highest BCUT2D eigenvalue weighted by Crippen LogP contribution is 2.18. The average Bonchev–Trinajstić information content (AvgIpc) is 2.97. The molecule has 0 spiro atoms. The van der Waals surface area contributed by atoms with Crippen LogP contribution < -0.4 is 4.90 Å². The van der Waals surface area contributed by atoms with Crippen LogP contribution in [0.2, 0.25) is 0 Å². The van der Waals surface area contributed by atoms with Crippen LogP contribution in [-0.2, 0) is 0 Å². The number of quaternary nitrogens is 1. The minimum atomic E-state index is -0.0271. The minimum Gasteiger partial charge on any atom is -0.355 e. The van der Waals surface area contributed by atoms with Crippen LogP contribution >= 0.6 is 0 Å². The molecule has 1 amide bonds. The first kappa shape index (κ1) is 19.0. The van der Waals surface area contributed by atoms with Crippen LogP contribution in [0.15, 0.2) is 30.3 Å². The largest absolute Gasteiger partial charge is 0.355 e. The van der Waals surface area contributed by atoms with Crippen molar-refractivity contribution in [3.05, 3.63) is 58.4 Å². The topological polar surface area (TPSA) is 74.7 Å². The van der Waals surface area contributed by atoms with Gasteiger partial charge in [0.05, 0.1) is 31.9 Å². The third-order valence-corrected chi connectivity index (χ3v) is 5.26. The monoisotopic (exact) mass is 368 g/mol. The summed E-state index contributed by atoms with van der Waals surface area (Å²) in [6, 6.07) is 9.28. The van der Waals surface area contributed by atoms with Crippen molar-refractivity contribution < 1.29 is 19.3 Å². The SMILES string of the molecule is CC(=O)c1c(C)[nH]c(C(=O)C[NH+]2CCN(C(=O)c3ccccc3)CC2)c1C. The first-order valence-corrected chi connectivity index (χ1v) is 9.29. The highest BCUT2D eigenvalue weighted by Gasteiger charge is 2.28. The summed E-state index contributed by atoms with van der Waals surface area (Å²) in [5, 5.41) is 0. The summed E-state index contributed by atoms with van der Waals surface area (Å²) >= 11 is 0. The van der Waals surface area contributed by atoms with Crippen LogP contribution in [0.5, 0.6) is 0 Å². The lowest BCUT2D eigenvalue weighted by molar-refractivity contribution is -0.895. The Labute approximate surface area is 159 Å². The van der Waals surface area contributed by atoms with Crippen molar-refractivity contribution >= 4 is 17.5 Å². The third kappa shape index (κ3) is 4.01. The number of hydrogen-bond donors (Lipinski definition) is 2. The molecule has 2 heterocycles. The van der Waals surface area contributed by atoms with E-state index < -0.39 is 0 Å². The number of Topliss-reactive ketones (excluding diaryl/α,β-unsaturated/α-hetero) is 2. The molecular weight excluding hydrogens is 342 g/mol. The van der Waals surface area contributed by atoms with Crippen molar-refractivity contribution in [1.82, 2.24) is 9.88 Å². The van der Waals surface area contributed by atoms with Gasteiger partial charge in [0.1, 0.15) is 6.54 Å². The number of aryl methyl sites for hydroxylation is 1. The fourth-order valence-electron chi connectivity index (χ4n) is 3.84. The van der Waals surface area contributed by atoms with Gasteiger partial charge in [0.25, 0.3) is 5.91 Å². The van der Waals surface area contributed by atoms with Crippen molar-refractivity contribution in [2.45, 2.75) is 20.8 Å². The molecule has 3 rings (SSSR count). The third-order valence-electron chi connectivity index (χ3n) is 5.26. The van der Waals surface area contributed by atoms with Gasteiger partial charge in [-0.1, -0.05) is 18.2 Å². The van der Waals surface area contributed by atoms with Gasteiger partial charge in [-0.3, -0.25) is 14.4 Å². The molecule has 1 fully saturated rings. The van der Waals surface area contributed by atoms with Crippen molar-refractivity contribution in [2.75, 3.05) is 32.7 Å². The number of aromatic nitrogens is 1. The summed E-state index contributed by atoms with van der Waals surface area (Å²) in [6.07, 6.45) is 0. The van der Waals surface area contributed by atoms with Crippen LogP contribution in [0, 0.1) is 13.8 Å². The number of aromatic amines is 1. The number of carbonyl (C=O) groups is 3. The molecule has 2 N–H and O–H groups in total. The first-order valence-electron chi connectivity index (χ1n) is 9.29. The maximum Gasteiger partial charge on any atom is 0.254 e. The molecule has 0 atom stereocenters. The molecular formula is C21H26N3O3+. The number of piperazine rings is 1. The number of nitrogens with zero attached hydrogens (tertiary/aromatic N) is 1. The van der Waals surface area contributed by atoms with E-state index in [9.17, 15) is 14.4 Å². The highest BCUT2D eigenvalue weighted by atomic mass is 16.2. The van der Waals surface area contributed by atoms with E-state index in [1.165, 1.54) is 6.92 Å². The first-order chi connectivity index (χ1) is 12.9. The van der Waals surface area contributed by atoms with Crippen LogP contribution in [0.3, 0.4) is 0 Å². The Hall–Kier alpha value is -2.73. The molecule has 0 bridgehead atoms. The van der Waals surface area contributed by atoms with Crippen LogP contribution in [0.4, 0.5) is 0 Å². The van der Waals surface area contributed by atoms with Gasteiger partial charge in [0, 0.05) is 16.8 Å². The van der Waals surface area contributed by atoms with Gasteiger partial charge in [0.15, 0.2) is 5.78 Å². The van der Waals surface area contributed by atoms with E-state index in [1.54, 1.807) is 0 Å². The van der Waals surface area contributed by atoms with E-state index in [1.807, 2.05) is 49.1 Å². The van der Waals surface area contributed by atoms with Crippen LogP contribution in [0.1, 0.15) is 49.4 Å². The Morgan fingerprint density at radius 2 is 1.70 bits per heavy atom. The molecule has 27 heavy (non-hydrogen) atoms. The standard InChI is InChI=1S/C21H25N3O3/c1-14-19(16(3)25)15(2)22-20(14)18(26)13-23-9-11-24(12-10-23)21(27)17-7-5-4-6-8-17/h4-8,22H,9-13H2,1-3H3/p+1. The summed E-state index contributed by atoms with van der Waals surface area (Å²) in [6.45, 7) is 8.28. The molecule has 0 unspecified atom stereocenters. The predicted molar refractivity (Wildman–Crippen MR) is 103 cm³/mol. The summed E-state index contributed by atoms with van der Waals surface area (Å²) < 4.78 is 0. The number of carbonyl (C=O) groups excluding carboxylic acids is 3.